The Hall–Kier alpha value is -0.800. The van der Waals surface area contributed by atoms with Gasteiger partial charge in [0.1, 0.15) is 0 Å². The molecule has 1 saturated heterocycles. The van der Waals surface area contributed by atoms with Crippen LogP contribution in [0.2, 0.25) is 5.02 Å². The van der Waals surface area contributed by atoms with E-state index < -0.39 is 0 Å². The van der Waals surface area contributed by atoms with Gasteiger partial charge in [0.2, 0.25) is 0 Å². The number of halogens is 2. The molecule has 0 amide bonds. The predicted molar refractivity (Wildman–Crippen MR) is 85.5 cm³/mol. The summed E-state index contributed by atoms with van der Waals surface area (Å²) in [6.07, 6.45) is 4.42. The molecule has 0 bridgehead atoms. The molecule has 1 aliphatic heterocycles. The van der Waals surface area contributed by atoms with Crippen molar-refractivity contribution in [2.45, 2.75) is 12.8 Å². The van der Waals surface area contributed by atoms with Crippen LogP contribution in [-0.4, -0.2) is 23.4 Å². The lowest BCUT2D eigenvalue weighted by atomic mass is 10.1. The van der Waals surface area contributed by atoms with Crippen LogP contribution >= 0.6 is 27.5 Å². The van der Waals surface area contributed by atoms with Gasteiger partial charge in [-0.2, -0.15) is 0 Å². The van der Waals surface area contributed by atoms with E-state index in [-0.39, 0.29) is 0 Å². The number of fused-ring (bicyclic) bond motifs is 1. The Labute approximate surface area is 126 Å². The van der Waals surface area contributed by atoms with Gasteiger partial charge < -0.3 is 4.90 Å². The number of anilines is 1. The van der Waals surface area contributed by atoms with Crippen LogP contribution in [0.1, 0.15) is 12.8 Å². The summed E-state index contributed by atoms with van der Waals surface area (Å²) >= 11 is 9.58. The maximum Gasteiger partial charge on any atom is 0.0737 e. The van der Waals surface area contributed by atoms with Crippen molar-refractivity contribution in [3.63, 3.8) is 0 Å². The van der Waals surface area contributed by atoms with Crippen LogP contribution in [-0.2, 0) is 0 Å². The molecule has 2 heterocycles. The van der Waals surface area contributed by atoms with Gasteiger partial charge in [-0.25, -0.2) is 0 Å². The Morgan fingerprint density at radius 3 is 3.11 bits per heavy atom. The minimum atomic E-state index is 0.746. The summed E-state index contributed by atoms with van der Waals surface area (Å²) < 4.78 is 0. The quantitative estimate of drug-likeness (QED) is 0.765. The molecule has 1 aromatic carbocycles. The van der Waals surface area contributed by atoms with Gasteiger partial charge in [0.25, 0.3) is 0 Å². The van der Waals surface area contributed by atoms with Crippen molar-refractivity contribution in [1.29, 1.82) is 0 Å². The fourth-order valence-corrected chi connectivity index (χ4v) is 3.64. The van der Waals surface area contributed by atoms with Gasteiger partial charge in [-0.1, -0.05) is 27.5 Å². The highest BCUT2D eigenvalue weighted by molar-refractivity contribution is 9.09. The first-order valence-corrected chi connectivity index (χ1v) is 8.13. The van der Waals surface area contributed by atoms with E-state index in [1.54, 1.807) is 0 Å². The Bertz CT molecular complexity index is 587. The lowest BCUT2D eigenvalue weighted by Crippen LogP contribution is -2.20. The van der Waals surface area contributed by atoms with Crippen LogP contribution < -0.4 is 4.90 Å². The van der Waals surface area contributed by atoms with E-state index in [4.69, 9.17) is 11.6 Å². The molecule has 0 aliphatic carbocycles. The molecule has 3 rings (SSSR count). The molecule has 1 fully saturated rings. The zero-order chi connectivity index (χ0) is 13.2. The number of hydrogen-bond donors (Lipinski definition) is 0. The lowest BCUT2D eigenvalue weighted by molar-refractivity contribution is 0.576. The van der Waals surface area contributed by atoms with E-state index in [2.05, 4.69) is 37.9 Å². The molecule has 2 nitrogen and oxygen atoms in total. The Morgan fingerprint density at radius 1 is 1.37 bits per heavy atom. The van der Waals surface area contributed by atoms with Gasteiger partial charge in [-0.15, -0.1) is 0 Å². The summed E-state index contributed by atoms with van der Waals surface area (Å²) in [6, 6.07) is 8.08. The van der Waals surface area contributed by atoms with Crippen molar-refractivity contribution in [2.24, 2.45) is 5.92 Å². The molecular weight excluding hydrogens is 324 g/mol. The summed E-state index contributed by atoms with van der Waals surface area (Å²) in [5.41, 5.74) is 2.27. The fraction of sp³-hybridized carbons (Fsp3) is 0.400. The second-order valence-electron chi connectivity index (χ2n) is 5.07. The molecule has 0 radical (unpaired) electrons. The van der Waals surface area contributed by atoms with Gasteiger partial charge >= 0.3 is 0 Å². The van der Waals surface area contributed by atoms with Crippen LogP contribution in [0.25, 0.3) is 10.9 Å². The van der Waals surface area contributed by atoms with Gasteiger partial charge in [0, 0.05) is 40.7 Å². The maximum atomic E-state index is 6.04. The Balaban J connectivity index is 1.93. The van der Waals surface area contributed by atoms with Crippen molar-refractivity contribution in [2.75, 3.05) is 23.3 Å². The lowest BCUT2D eigenvalue weighted by Gasteiger charge is -2.20. The first-order chi connectivity index (χ1) is 9.28. The number of benzene rings is 1. The second-order valence-corrected chi connectivity index (χ2v) is 6.30. The second kappa shape index (κ2) is 5.68. The van der Waals surface area contributed by atoms with Gasteiger partial charge in [-0.05, 0) is 43.0 Å². The number of pyridine rings is 1. The molecule has 1 unspecified atom stereocenters. The van der Waals surface area contributed by atoms with Crippen molar-refractivity contribution in [1.82, 2.24) is 4.98 Å². The normalized spacial score (nSPS) is 19.3. The number of aromatic nitrogens is 1. The minimum Gasteiger partial charge on any atom is -0.371 e. The fourth-order valence-electron chi connectivity index (χ4n) is 2.82. The molecule has 0 N–H and O–H groups in total. The summed E-state index contributed by atoms with van der Waals surface area (Å²) in [4.78, 5) is 6.89. The molecule has 2 aromatic rings. The topological polar surface area (TPSA) is 16.1 Å². The summed E-state index contributed by atoms with van der Waals surface area (Å²) in [5, 5.41) is 3.04. The van der Waals surface area contributed by atoms with Crippen LogP contribution in [0.3, 0.4) is 0 Å². The van der Waals surface area contributed by atoms with E-state index in [1.807, 2.05) is 18.3 Å². The molecule has 1 aliphatic rings. The monoisotopic (exact) mass is 338 g/mol. The minimum absolute atomic E-state index is 0.746. The zero-order valence-electron chi connectivity index (χ0n) is 10.6. The maximum absolute atomic E-state index is 6.04. The number of rotatable bonds is 3. The van der Waals surface area contributed by atoms with Crippen molar-refractivity contribution in [3.8, 4) is 0 Å². The van der Waals surface area contributed by atoms with Gasteiger partial charge in [-0.3, -0.25) is 4.98 Å². The number of nitrogens with zero attached hydrogens (tertiary/aromatic N) is 2. The molecule has 19 heavy (non-hydrogen) atoms. The average Bonchev–Trinajstić information content (AvgIpc) is 2.86. The first kappa shape index (κ1) is 13.2. The first-order valence-electron chi connectivity index (χ1n) is 6.63. The summed E-state index contributed by atoms with van der Waals surface area (Å²) in [6.45, 7) is 2.28. The van der Waals surface area contributed by atoms with E-state index in [0.717, 1.165) is 34.9 Å². The molecule has 4 heteroatoms. The SMILES string of the molecule is Clc1ccc2c(N3CCC(CCBr)C3)ccnc2c1. The van der Waals surface area contributed by atoms with Crippen LogP contribution in [0, 0.1) is 5.92 Å². The molecule has 1 aromatic heterocycles. The largest absolute Gasteiger partial charge is 0.371 e. The van der Waals surface area contributed by atoms with E-state index in [1.165, 1.54) is 23.9 Å². The molecule has 0 spiro atoms. The highest BCUT2D eigenvalue weighted by atomic mass is 79.9. The van der Waals surface area contributed by atoms with Crippen molar-refractivity contribution < 1.29 is 0 Å². The Morgan fingerprint density at radius 2 is 2.26 bits per heavy atom. The zero-order valence-corrected chi connectivity index (χ0v) is 13.0. The molecular formula is C15H16BrClN2. The van der Waals surface area contributed by atoms with Crippen LogP contribution in [0.5, 0.6) is 0 Å². The molecule has 1 atom stereocenters. The number of hydrogen-bond acceptors (Lipinski definition) is 2. The van der Waals surface area contributed by atoms with Crippen LogP contribution in [0.15, 0.2) is 30.5 Å². The smallest absolute Gasteiger partial charge is 0.0737 e. The Kier molecular flexibility index (Phi) is 3.94. The van der Waals surface area contributed by atoms with Crippen LogP contribution in [0.4, 0.5) is 5.69 Å². The summed E-state index contributed by atoms with van der Waals surface area (Å²) in [7, 11) is 0. The summed E-state index contributed by atoms with van der Waals surface area (Å²) in [5.74, 6) is 0.801. The van der Waals surface area contributed by atoms with E-state index in [0.29, 0.717) is 0 Å². The third kappa shape index (κ3) is 2.72. The van der Waals surface area contributed by atoms with Gasteiger partial charge in [0.05, 0.1) is 5.52 Å². The van der Waals surface area contributed by atoms with E-state index in [9.17, 15) is 0 Å². The third-order valence-electron chi connectivity index (χ3n) is 3.83. The predicted octanol–water partition coefficient (Wildman–Crippen LogP) is 4.50. The molecule has 100 valence electrons. The van der Waals surface area contributed by atoms with E-state index >= 15 is 0 Å². The third-order valence-corrected chi connectivity index (χ3v) is 4.52. The van der Waals surface area contributed by atoms with Crippen molar-refractivity contribution in [3.05, 3.63) is 35.5 Å². The average molecular weight is 340 g/mol. The highest BCUT2D eigenvalue weighted by Crippen LogP contribution is 2.32. The number of alkyl halides is 1. The standard InChI is InChI=1S/C15H16BrClN2/c16-6-3-11-5-8-19(10-11)15-4-7-18-14-9-12(17)1-2-13(14)15/h1-2,4,7,9,11H,3,5-6,8,10H2. The highest BCUT2D eigenvalue weighted by Gasteiger charge is 2.23. The van der Waals surface area contributed by atoms with Gasteiger partial charge in [0.15, 0.2) is 0 Å². The molecule has 0 saturated carbocycles. The van der Waals surface area contributed by atoms with Crippen molar-refractivity contribution >= 4 is 44.1 Å².